The number of amides is 1. The maximum Gasteiger partial charge on any atom is 0.416 e. The Labute approximate surface area is 176 Å². The summed E-state index contributed by atoms with van der Waals surface area (Å²) in [7, 11) is 1.29. The highest BCUT2D eigenvalue weighted by Gasteiger charge is 2.32. The number of carbonyl (C=O) groups excluding carboxylic acids is 3. The van der Waals surface area contributed by atoms with Crippen LogP contribution in [0.25, 0.3) is 0 Å². The molecule has 0 atom stereocenters. The second kappa shape index (κ2) is 9.32. The van der Waals surface area contributed by atoms with E-state index in [2.05, 4.69) is 20.3 Å². The predicted molar refractivity (Wildman–Crippen MR) is 104 cm³/mol. The standard InChI is InChI=1S/C14H12F3N3O.C7H10O3/c15-14(16,17)9-3-5-10(6-4-9)19-13(21)11-7-18-20-12(11)8-1-2-8;1-10-7(9)4-6(8)5-2-3-5/h3-8H,1-2H2,(H,18,20)(H,19,21);5H,2-4H2,1H3. The Hall–Kier alpha value is -3.17. The molecule has 4 rings (SSSR count). The molecule has 2 saturated carbocycles. The second-order valence-electron chi connectivity index (χ2n) is 7.49. The van der Waals surface area contributed by atoms with Crippen molar-refractivity contribution < 1.29 is 32.3 Å². The highest BCUT2D eigenvalue weighted by molar-refractivity contribution is 6.05. The number of H-pyrrole nitrogens is 1. The maximum absolute atomic E-state index is 12.5. The van der Waals surface area contributed by atoms with Gasteiger partial charge in [0.25, 0.3) is 5.91 Å². The minimum absolute atomic E-state index is 0.0341. The third-order valence-corrected chi connectivity index (χ3v) is 4.95. The summed E-state index contributed by atoms with van der Waals surface area (Å²) in [4.78, 5) is 33.5. The lowest BCUT2D eigenvalue weighted by molar-refractivity contribution is -0.143. The van der Waals surface area contributed by atoms with Crippen molar-refractivity contribution >= 4 is 23.3 Å². The van der Waals surface area contributed by atoms with Gasteiger partial charge < -0.3 is 10.1 Å². The molecule has 10 heteroatoms. The monoisotopic (exact) mass is 437 g/mol. The summed E-state index contributed by atoms with van der Waals surface area (Å²) in [6.45, 7) is 0. The number of ether oxygens (including phenoxy) is 1. The van der Waals surface area contributed by atoms with Crippen LogP contribution >= 0.6 is 0 Å². The molecular weight excluding hydrogens is 415 g/mol. The average Bonchev–Trinajstić information content (AvgIpc) is 3.66. The average molecular weight is 437 g/mol. The van der Waals surface area contributed by atoms with Crippen molar-refractivity contribution in [1.29, 1.82) is 0 Å². The lowest BCUT2D eigenvalue weighted by atomic mass is 10.1. The van der Waals surface area contributed by atoms with Crippen molar-refractivity contribution in [3.05, 3.63) is 47.3 Å². The van der Waals surface area contributed by atoms with Crippen molar-refractivity contribution in [2.24, 2.45) is 5.92 Å². The summed E-state index contributed by atoms with van der Waals surface area (Å²) in [5.74, 6) is -0.255. The van der Waals surface area contributed by atoms with E-state index in [1.165, 1.54) is 25.4 Å². The highest BCUT2D eigenvalue weighted by atomic mass is 19.4. The van der Waals surface area contributed by atoms with Gasteiger partial charge in [0, 0.05) is 17.5 Å². The minimum Gasteiger partial charge on any atom is -0.469 e. The minimum atomic E-state index is -4.38. The molecule has 1 aromatic heterocycles. The molecule has 2 N–H and O–H groups in total. The van der Waals surface area contributed by atoms with Crippen LogP contribution in [-0.4, -0.2) is 35.0 Å². The third-order valence-electron chi connectivity index (χ3n) is 4.95. The topological polar surface area (TPSA) is 101 Å². The van der Waals surface area contributed by atoms with Gasteiger partial charge in [-0.2, -0.15) is 18.3 Å². The summed E-state index contributed by atoms with van der Waals surface area (Å²) in [6, 6.07) is 4.34. The number of esters is 1. The highest BCUT2D eigenvalue weighted by Crippen LogP contribution is 2.40. The molecule has 166 valence electrons. The van der Waals surface area contributed by atoms with E-state index in [1.807, 2.05) is 0 Å². The van der Waals surface area contributed by atoms with Crippen molar-refractivity contribution in [1.82, 2.24) is 10.2 Å². The number of nitrogens with one attached hydrogen (secondary N) is 2. The third kappa shape index (κ3) is 6.40. The molecule has 2 aromatic rings. The van der Waals surface area contributed by atoms with Gasteiger partial charge in [-0.05, 0) is 49.9 Å². The Kier molecular flexibility index (Phi) is 6.77. The second-order valence-corrected chi connectivity index (χ2v) is 7.49. The van der Waals surface area contributed by atoms with Crippen LogP contribution < -0.4 is 5.32 Å². The lowest BCUT2D eigenvalue weighted by Crippen LogP contribution is -2.13. The number of Topliss-reactive ketones (excluding diaryl/α,β-unsaturated/α-hetero) is 1. The lowest BCUT2D eigenvalue weighted by Gasteiger charge is -2.08. The number of anilines is 1. The fourth-order valence-corrected chi connectivity index (χ4v) is 2.87. The number of rotatable bonds is 6. The number of nitrogens with zero attached hydrogens (tertiary/aromatic N) is 1. The van der Waals surface area contributed by atoms with Gasteiger partial charge in [-0.15, -0.1) is 0 Å². The summed E-state index contributed by atoms with van der Waals surface area (Å²) in [5.41, 5.74) is 0.801. The van der Waals surface area contributed by atoms with Crippen molar-refractivity contribution in [3.8, 4) is 0 Å². The number of methoxy groups -OCH3 is 1. The zero-order valence-corrected chi connectivity index (χ0v) is 16.8. The van der Waals surface area contributed by atoms with Crippen LogP contribution in [0.1, 0.15) is 59.6 Å². The molecule has 2 aliphatic rings. The number of ketones is 1. The van der Waals surface area contributed by atoms with Crippen LogP contribution in [0.3, 0.4) is 0 Å². The number of hydrogen-bond acceptors (Lipinski definition) is 5. The number of benzene rings is 1. The summed E-state index contributed by atoms with van der Waals surface area (Å²) in [5, 5.41) is 9.24. The zero-order chi connectivity index (χ0) is 22.6. The number of aromatic nitrogens is 2. The molecule has 1 heterocycles. The first kappa shape index (κ1) is 22.5. The molecule has 2 aliphatic carbocycles. The Morgan fingerprint density at radius 3 is 2.29 bits per heavy atom. The molecule has 7 nitrogen and oxygen atoms in total. The Bertz CT molecular complexity index is 946. The van der Waals surface area contributed by atoms with Gasteiger partial charge in [0.15, 0.2) is 0 Å². The van der Waals surface area contributed by atoms with E-state index in [0.29, 0.717) is 17.2 Å². The molecule has 31 heavy (non-hydrogen) atoms. The van der Waals surface area contributed by atoms with Gasteiger partial charge in [0.1, 0.15) is 12.2 Å². The zero-order valence-electron chi connectivity index (χ0n) is 16.8. The van der Waals surface area contributed by atoms with E-state index in [-0.39, 0.29) is 24.0 Å². The maximum atomic E-state index is 12.5. The molecule has 1 amide bonds. The van der Waals surface area contributed by atoms with E-state index in [9.17, 15) is 27.6 Å². The normalized spacial score (nSPS) is 15.5. The predicted octanol–water partition coefficient (Wildman–Crippen LogP) is 4.09. The van der Waals surface area contributed by atoms with Crippen LogP contribution in [0, 0.1) is 5.92 Å². The molecule has 0 radical (unpaired) electrons. The number of alkyl halides is 3. The fourth-order valence-electron chi connectivity index (χ4n) is 2.87. The molecule has 0 bridgehead atoms. The number of carbonyl (C=O) groups is 3. The molecular formula is C21H22F3N3O4. The van der Waals surface area contributed by atoms with Crippen molar-refractivity contribution in [2.75, 3.05) is 12.4 Å². The Morgan fingerprint density at radius 1 is 1.13 bits per heavy atom. The van der Waals surface area contributed by atoms with E-state index >= 15 is 0 Å². The molecule has 2 fully saturated rings. The van der Waals surface area contributed by atoms with E-state index < -0.39 is 17.7 Å². The van der Waals surface area contributed by atoms with Crippen LogP contribution in [-0.2, 0) is 20.5 Å². The number of aromatic amines is 1. The Morgan fingerprint density at radius 2 is 1.77 bits per heavy atom. The van der Waals surface area contributed by atoms with Gasteiger partial charge >= 0.3 is 12.1 Å². The van der Waals surface area contributed by atoms with Crippen LogP contribution in [0.4, 0.5) is 18.9 Å². The van der Waals surface area contributed by atoms with Gasteiger partial charge in [0.2, 0.25) is 0 Å². The molecule has 0 saturated heterocycles. The van der Waals surface area contributed by atoms with Gasteiger partial charge in [-0.3, -0.25) is 19.5 Å². The Balaban J connectivity index is 0.000000229. The van der Waals surface area contributed by atoms with Crippen LogP contribution in [0.5, 0.6) is 0 Å². The van der Waals surface area contributed by atoms with Gasteiger partial charge in [-0.1, -0.05) is 0 Å². The summed E-state index contributed by atoms with van der Waals surface area (Å²) >= 11 is 0. The molecule has 0 unspecified atom stereocenters. The van der Waals surface area contributed by atoms with Gasteiger partial charge in [-0.25, -0.2) is 0 Å². The first-order valence-electron chi connectivity index (χ1n) is 9.80. The van der Waals surface area contributed by atoms with Crippen molar-refractivity contribution in [3.63, 3.8) is 0 Å². The van der Waals surface area contributed by atoms with Crippen molar-refractivity contribution in [2.45, 2.75) is 44.2 Å². The van der Waals surface area contributed by atoms with E-state index in [0.717, 1.165) is 43.5 Å². The van der Waals surface area contributed by atoms with E-state index in [1.54, 1.807) is 0 Å². The van der Waals surface area contributed by atoms with Crippen LogP contribution in [0.15, 0.2) is 30.5 Å². The summed E-state index contributed by atoms with van der Waals surface area (Å²) < 4.78 is 41.7. The van der Waals surface area contributed by atoms with E-state index in [4.69, 9.17) is 0 Å². The smallest absolute Gasteiger partial charge is 0.416 e. The molecule has 0 spiro atoms. The van der Waals surface area contributed by atoms with Crippen LogP contribution in [0.2, 0.25) is 0 Å². The quantitative estimate of drug-likeness (QED) is 0.524. The van der Waals surface area contributed by atoms with Gasteiger partial charge in [0.05, 0.1) is 30.1 Å². The summed E-state index contributed by atoms with van der Waals surface area (Å²) in [6.07, 6.45) is 0.956. The first-order chi connectivity index (χ1) is 14.7. The number of hydrogen-bond donors (Lipinski definition) is 2. The fraction of sp³-hybridized carbons (Fsp3) is 0.429. The molecule has 1 aromatic carbocycles. The largest absolute Gasteiger partial charge is 0.469 e. The SMILES string of the molecule is COC(=O)CC(=O)C1CC1.O=C(Nc1ccc(C(F)(F)F)cc1)c1cn[nH]c1C1CC1. The first-order valence-corrected chi connectivity index (χ1v) is 9.80. The molecule has 0 aliphatic heterocycles. The number of halogens is 3.